The van der Waals surface area contributed by atoms with Crippen LogP contribution in [0.3, 0.4) is 0 Å². The maximum absolute atomic E-state index is 12.2. The van der Waals surface area contributed by atoms with E-state index in [1.54, 1.807) is 0 Å². The number of anilines is 1. The Morgan fingerprint density at radius 2 is 2.22 bits per heavy atom. The summed E-state index contributed by atoms with van der Waals surface area (Å²) in [5, 5.41) is 40.4. The molecule has 3 rings (SSSR count). The van der Waals surface area contributed by atoms with Crippen molar-refractivity contribution in [3.8, 4) is 11.6 Å². The Morgan fingerprint density at radius 1 is 1.44 bits per heavy atom. The number of rotatable bonds is 5. The van der Waals surface area contributed by atoms with E-state index in [1.165, 1.54) is 6.92 Å². The minimum absolute atomic E-state index is 0.0402. The third kappa shape index (κ3) is 3.39. The van der Waals surface area contributed by atoms with Crippen molar-refractivity contribution in [3.63, 3.8) is 0 Å². The number of hydrazone groups is 1. The summed E-state index contributed by atoms with van der Waals surface area (Å²) in [4.78, 5) is 22.3. The highest BCUT2D eigenvalue weighted by Gasteiger charge is 2.20. The molecule has 0 fully saturated rings. The fourth-order valence-corrected chi connectivity index (χ4v) is 2.04. The lowest BCUT2D eigenvalue weighted by atomic mass is 10.2. The van der Waals surface area contributed by atoms with Gasteiger partial charge in [-0.1, -0.05) is 17.0 Å². The van der Waals surface area contributed by atoms with Gasteiger partial charge in [0.1, 0.15) is 0 Å². The number of carbonyl (C=O) groups is 1. The van der Waals surface area contributed by atoms with E-state index in [9.17, 15) is 20.0 Å². The topological polar surface area (TPSA) is 203 Å². The first-order chi connectivity index (χ1) is 12.9. The van der Waals surface area contributed by atoms with Gasteiger partial charge in [-0.2, -0.15) is 9.78 Å². The van der Waals surface area contributed by atoms with Crippen molar-refractivity contribution in [3.05, 3.63) is 45.3 Å². The second-order valence-corrected chi connectivity index (χ2v) is 5.09. The summed E-state index contributed by atoms with van der Waals surface area (Å²) in [6.07, 6.45) is 0.993. The average molecular weight is 372 g/mol. The lowest BCUT2D eigenvalue weighted by Gasteiger charge is -2.08. The number of nitrogens with two attached hydrogens (primary N) is 1. The van der Waals surface area contributed by atoms with Crippen LogP contribution in [0.15, 0.2) is 27.9 Å². The molecule has 0 aliphatic heterocycles. The molecule has 0 unspecified atom stereocenters. The van der Waals surface area contributed by atoms with Crippen LogP contribution in [0.1, 0.15) is 21.7 Å². The number of aromatic nitrogens is 5. The fraction of sp³-hybridized carbons (Fsp3) is 0.0769. The zero-order chi connectivity index (χ0) is 19.6. The van der Waals surface area contributed by atoms with E-state index in [-0.39, 0.29) is 34.3 Å². The zero-order valence-corrected chi connectivity index (χ0v) is 13.6. The SMILES string of the molecule is Cc1c(C(=O)N/N=C\c2cc([N+](=O)[O-])ccc2[O-])nnn1-c1nonc1N. The quantitative estimate of drug-likeness (QED) is 0.327. The number of nitrogens with zero attached hydrogens (tertiary/aromatic N) is 7. The number of nitrogen functional groups attached to an aromatic ring is 1. The largest absolute Gasteiger partial charge is 0.872 e. The summed E-state index contributed by atoms with van der Waals surface area (Å²) in [6.45, 7) is 1.53. The Kier molecular flexibility index (Phi) is 4.44. The predicted molar refractivity (Wildman–Crippen MR) is 86.0 cm³/mol. The molecule has 1 aromatic carbocycles. The third-order valence-corrected chi connectivity index (χ3v) is 3.38. The Morgan fingerprint density at radius 3 is 2.89 bits per heavy atom. The van der Waals surface area contributed by atoms with Gasteiger partial charge in [0.05, 0.1) is 16.8 Å². The van der Waals surface area contributed by atoms with Gasteiger partial charge in [0, 0.05) is 12.1 Å². The molecule has 14 nitrogen and oxygen atoms in total. The number of nitro benzene ring substituents is 1. The molecule has 0 radical (unpaired) electrons. The molecule has 2 heterocycles. The number of hydrogen-bond donors (Lipinski definition) is 2. The van der Waals surface area contributed by atoms with Gasteiger partial charge in [-0.3, -0.25) is 14.9 Å². The van der Waals surface area contributed by atoms with Crippen molar-refractivity contribution < 1.29 is 19.5 Å². The maximum atomic E-state index is 12.2. The first kappa shape index (κ1) is 17.5. The Balaban J connectivity index is 1.76. The van der Waals surface area contributed by atoms with Crippen LogP contribution in [-0.2, 0) is 0 Å². The smallest absolute Gasteiger partial charge is 0.293 e. The highest BCUT2D eigenvalue weighted by molar-refractivity contribution is 5.94. The molecule has 2 aromatic heterocycles. The maximum Gasteiger partial charge on any atom is 0.293 e. The molecule has 0 saturated heterocycles. The van der Waals surface area contributed by atoms with Crippen LogP contribution < -0.4 is 16.3 Å². The van der Waals surface area contributed by atoms with Crippen molar-refractivity contribution in [2.45, 2.75) is 6.92 Å². The van der Waals surface area contributed by atoms with Gasteiger partial charge in [0.25, 0.3) is 11.6 Å². The number of nitro groups is 1. The van der Waals surface area contributed by atoms with E-state index in [1.807, 2.05) is 0 Å². The first-order valence-corrected chi connectivity index (χ1v) is 7.18. The van der Waals surface area contributed by atoms with Crippen LogP contribution in [0.2, 0.25) is 0 Å². The predicted octanol–water partition coefficient (Wildman–Crippen LogP) is -0.713. The van der Waals surface area contributed by atoms with Gasteiger partial charge in [0.2, 0.25) is 11.6 Å². The molecule has 0 aliphatic carbocycles. The molecule has 0 atom stereocenters. The molecule has 3 N–H and O–H groups in total. The van der Waals surface area contributed by atoms with Crippen molar-refractivity contribution in [2.24, 2.45) is 5.10 Å². The molecule has 0 aliphatic rings. The zero-order valence-electron chi connectivity index (χ0n) is 13.6. The molecule has 1 amide bonds. The minimum Gasteiger partial charge on any atom is -0.872 e. The Hall–Kier alpha value is -4.36. The molecular weight excluding hydrogens is 362 g/mol. The van der Waals surface area contributed by atoms with Crippen LogP contribution in [0.5, 0.6) is 5.75 Å². The summed E-state index contributed by atoms with van der Waals surface area (Å²) < 4.78 is 5.61. The fourth-order valence-electron chi connectivity index (χ4n) is 2.04. The van der Waals surface area contributed by atoms with Crippen LogP contribution in [0, 0.1) is 17.0 Å². The van der Waals surface area contributed by atoms with Crippen LogP contribution in [0.25, 0.3) is 5.82 Å². The molecule has 3 aromatic rings. The number of nitrogens with one attached hydrogen (secondary N) is 1. The number of hydrogen-bond acceptors (Lipinski definition) is 11. The van der Waals surface area contributed by atoms with Crippen molar-refractivity contribution in [1.29, 1.82) is 0 Å². The molecule has 27 heavy (non-hydrogen) atoms. The number of carbonyl (C=O) groups excluding carboxylic acids is 1. The molecule has 0 saturated carbocycles. The average Bonchev–Trinajstić information content (AvgIpc) is 3.21. The van der Waals surface area contributed by atoms with Gasteiger partial charge in [-0.15, -0.1) is 5.10 Å². The van der Waals surface area contributed by atoms with Gasteiger partial charge < -0.3 is 10.8 Å². The highest BCUT2D eigenvalue weighted by Crippen LogP contribution is 2.19. The second-order valence-electron chi connectivity index (χ2n) is 5.09. The summed E-state index contributed by atoms with van der Waals surface area (Å²) in [5.74, 6) is -1.20. The second kappa shape index (κ2) is 6.87. The van der Waals surface area contributed by atoms with E-state index in [4.69, 9.17) is 5.73 Å². The van der Waals surface area contributed by atoms with Gasteiger partial charge in [-0.05, 0) is 22.8 Å². The van der Waals surface area contributed by atoms with E-state index in [2.05, 4.69) is 35.8 Å². The van der Waals surface area contributed by atoms with E-state index in [0.717, 1.165) is 29.1 Å². The van der Waals surface area contributed by atoms with E-state index >= 15 is 0 Å². The molecule has 0 spiro atoms. The number of benzene rings is 1. The molecule has 0 bridgehead atoms. The molecule has 14 heteroatoms. The standard InChI is InChI=1S/C13H11N9O5/c1-6-10(16-20-21(6)12-11(14)18-27-19-12)13(24)17-15-5-7-4-8(22(25)26)2-3-9(7)23/h2-5,23H,1H3,(H2,14,18)(H,17,24)/p-1/b15-5-. The summed E-state index contributed by atoms with van der Waals surface area (Å²) in [5.41, 5.74) is 7.57. The number of amides is 1. The lowest BCUT2D eigenvalue weighted by molar-refractivity contribution is -0.385. The number of non-ortho nitro benzene ring substituents is 1. The van der Waals surface area contributed by atoms with Crippen molar-refractivity contribution in [2.75, 3.05) is 5.73 Å². The van der Waals surface area contributed by atoms with Gasteiger partial charge in [-0.25, -0.2) is 10.1 Å². The molecule has 138 valence electrons. The third-order valence-electron chi connectivity index (χ3n) is 3.38. The van der Waals surface area contributed by atoms with Crippen LogP contribution >= 0.6 is 0 Å². The summed E-state index contributed by atoms with van der Waals surface area (Å²) >= 11 is 0. The molecular formula is C13H10N9O5-. The first-order valence-electron chi connectivity index (χ1n) is 7.18. The normalized spacial score (nSPS) is 11.0. The Labute approximate surface area is 149 Å². The minimum atomic E-state index is -0.733. The van der Waals surface area contributed by atoms with Crippen LogP contribution in [0.4, 0.5) is 11.5 Å². The van der Waals surface area contributed by atoms with E-state index in [0.29, 0.717) is 0 Å². The summed E-state index contributed by atoms with van der Waals surface area (Å²) in [7, 11) is 0. The highest BCUT2D eigenvalue weighted by atomic mass is 16.6. The van der Waals surface area contributed by atoms with Crippen molar-refractivity contribution >= 4 is 23.6 Å². The van der Waals surface area contributed by atoms with Gasteiger partial charge >= 0.3 is 0 Å². The lowest BCUT2D eigenvalue weighted by Crippen LogP contribution is -2.19. The van der Waals surface area contributed by atoms with Crippen molar-refractivity contribution in [1.82, 2.24) is 30.7 Å². The van der Waals surface area contributed by atoms with E-state index < -0.39 is 16.6 Å². The monoisotopic (exact) mass is 372 g/mol. The Bertz CT molecular complexity index is 1050. The van der Waals surface area contributed by atoms with Gasteiger partial charge in [0.15, 0.2) is 5.69 Å². The van der Waals surface area contributed by atoms with Crippen LogP contribution in [-0.4, -0.2) is 42.4 Å². The summed E-state index contributed by atoms with van der Waals surface area (Å²) in [6, 6.07) is 3.15.